The highest BCUT2D eigenvalue weighted by Crippen LogP contribution is 2.17. The smallest absolute Gasteiger partial charge is 0.124 e. The van der Waals surface area contributed by atoms with Crippen molar-refractivity contribution in [1.29, 1.82) is 0 Å². The molecule has 0 aliphatic carbocycles. The Hall–Kier alpha value is 0.750. The molecular formula is C7H14OS3. The summed E-state index contributed by atoms with van der Waals surface area (Å²) in [6.45, 7) is 2.05. The number of hydrogen-bond acceptors (Lipinski definition) is 3. The molecule has 66 valence electrons. The summed E-state index contributed by atoms with van der Waals surface area (Å²) in [5.41, 5.74) is 0. The van der Waals surface area contributed by atoms with E-state index in [1.807, 2.05) is 17.7 Å². The van der Waals surface area contributed by atoms with Crippen LogP contribution in [-0.4, -0.2) is 22.3 Å². The predicted octanol–water partition coefficient (Wildman–Crippen LogP) is 2.67. The van der Waals surface area contributed by atoms with Crippen LogP contribution in [-0.2, 0) is 11.2 Å². The summed E-state index contributed by atoms with van der Waals surface area (Å²) >= 11 is -0.633. The zero-order chi connectivity index (χ0) is 8.53. The van der Waals surface area contributed by atoms with Crippen LogP contribution in [0.25, 0.3) is 0 Å². The molecule has 0 spiro atoms. The molecule has 0 fully saturated rings. The maximum Gasteiger partial charge on any atom is 0.124 e. The topological polar surface area (TPSA) is 23.1 Å². The molecule has 0 radical (unpaired) electrons. The van der Waals surface area contributed by atoms with Gasteiger partial charge in [-0.05, 0) is 35.3 Å². The van der Waals surface area contributed by atoms with Crippen molar-refractivity contribution in [2.75, 3.05) is 17.8 Å². The van der Waals surface area contributed by atoms with E-state index in [4.69, 9.17) is 0 Å². The van der Waals surface area contributed by atoms with E-state index in [0.29, 0.717) is 5.75 Å². The molecule has 0 heterocycles. The van der Waals surface area contributed by atoms with E-state index >= 15 is 0 Å². The van der Waals surface area contributed by atoms with Crippen LogP contribution in [0.15, 0.2) is 11.5 Å². The Morgan fingerprint density at radius 2 is 2.27 bits per heavy atom. The molecule has 0 saturated carbocycles. The van der Waals surface area contributed by atoms with Gasteiger partial charge < -0.3 is 4.55 Å². The van der Waals surface area contributed by atoms with Crippen LogP contribution >= 0.6 is 21.6 Å². The zero-order valence-corrected chi connectivity index (χ0v) is 9.36. The first-order valence-corrected chi connectivity index (χ1v) is 7.61. The van der Waals surface area contributed by atoms with Crippen molar-refractivity contribution in [2.45, 2.75) is 13.3 Å². The van der Waals surface area contributed by atoms with Gasteiger partial charge in [0.25, 0.3) is 0 Å². The van der Waals surface area contributed by atoms with E-state index < -0.39 is 11.2 Å². The minimum absolute atomic E-state index is 0.633. The van der Waals surface area contributed by atoms with Crippen LogP contribution in [0, 0.1) is 0 Å². The standard InChI is InChI=1S/C7H14OS3/c1-3-6-11(8)7-4-5-10-9-2/h4-5H,3,6-7H2,1-2H3. The minimum Gasteiger partial charge on any atom is -0.616 e. The predicted molar refractivity (Wildman–Crippen MR) is 58.4 cm³/mol. The normalized spacial score (nSPS) is 14.1. The second-order valence-electron chi connectivity index (χ2n) is 1.95. The summed E-state index contributed by atoms with van der Waals surface area (Å²) in [6, 6.07) is 0. The van der Waals surface area contributed by atoms with Gasteiger partial charge in [0.1, 0.15) is 11.5 Å². The van der Waals surface area contributed by atoms with Crippen molar-refractivity contribution in [1.82, 2.24) is 0 Å². The first-order valence-electron chi connectivity index (χ1n) is 3.50. The summed E-state index contributed by atoms with van der Waals surface area (Å²) in [4.78, 5) is 0. The highest BCUT2D eigenvalue weighted by atomic mass is 33.1. The third-order valence-corrected chi connectivity index (χ3v) is 3.80. The molecule has 0 aromatic heterocycles. The quantitative estimate of drug-likeness (QED) is 0.497. The molecule has 0 amide bonds. The molecule has 1 atom stereocenters. The second-order valence-corrected chi connectivity index (χ2v) is 5.94. The highest BCUT2D eigenvalue weighted by Gasteiger charge is 1.98. The first kappa shape index (κ1) is 11.8. The van der Waals surface area contributed by atoms with Crippen LogP contribution in [0.5, 0.6) is 0 Å². The Labute approximate surface area is 80.0 Å². The molecule has 0 aliphatic heterocycles. The minimum atomic E-state index is -0.633. The van der Waals surface area contributed by atoms with E-state index in [-0.39, 0.29) is 0 Å². The number of rotatable bonds is 6. The van der Waals surface area contributed by atoms with Crippen LogP contribution in [0.1, 0.15) is 13.3 Å². The molecule has 1 nitrogen and oxygen atoms in total. The average molecular weight is 210 g/mol. The molecule has 0 aliphatic rings. The van der Waals surface area contributed by atoms with E-state index in [9.17, 15) is 4.55 Å². The molecule has 0 saturated heterocycles. The lowest BCUT2D eigenvalue weighted by atomic mass is 10.6. The van der Waals surface area contributed by atoms with E-state index in [1.54, 1.807) is 21.6 Å². The van der Waals surface area contributed by atoms with Crippen molar-refractivity contribution < 1.29 is 4.55 Å². The largest absolute Gasteiger partial charge is 0.616 e. The van der Waals surface area contributed by atoms with Gasteiger partial charge in [0.2, 0.25) is 0 Å². The molecule has 0 aromatic carbocycles. The lowest BCUT2D eigenvalue weighted by Gasteiger charge is -2.05. The molecular weight excluding hydrogens is 196 g/mol. The fraction of sp³-hybridized carbons (Fsp3) is 0.714. The lowest BCUT2D eigenvalue weighted by Crippen LogP contribution is -2.08. The summed E-state index contributed by atoms with van der Waals surface area (Å²) < 4.78 is 11.1. The van der Waals surface area contributed by atoms with E-state index in [0.717, 1.165) is 12.2 Å². The monoisotopic (exact) mass is 210 g/mol. The maximum atomic E-state index is 11.1. The maximum absolute atomic E-state index is 11.1. The van der Waals surface area contributed by atoms with Crippen molar-refractivity contribution in [2.24, 2.45) is 0 Å². The van der Waals surface area contributed by atoms with Gasteiger partial charge in [0.05, 0.1) is 0 Å². The summed E-state index contributed by atoms with van der Waals surface area (Å²) in [7, 11) is 3.37. The van der Waals surface area contributed by atoms with Gasteiger partial charge >= 0.3 is 0 Å². The fourth-order valence-electron chi connectivity index (χ4n) is 0.552. The molecule has 4 heteroatoms. The van der Waals surface area contributed by atoms with Gasteiger partial charge in [-0.25, -0.2) is 0 Å². The first-order chi connectivity index (χ1) is 5.31. The Kier molecular flexibility index (Phi) is 9.45. The average Bonchev–Trinajstić information content (AvgIpc) is 1.99. The Bertz CT molecular complexity index is 106. The third-order valence-electron chi connectivity index (χ3n) is 0.962. The SMILES string of the molecule is CCC[S+]([O-])CC=CSSC. The van der Waals surface area contributed by atoms with Gasteiger partial charge in [0, 0.05) is 0 Å². The molecule has 0 N–H and O–H groups in total. The molecule has 0 rings (SSSR count). The van der Waals surface area contributed by atoms with E-state index in [1.165, 1.54) is 0 Å². The molecule has 11 heavy (non-hydrogen) atoms. The number of hydrogen-bond donors (Lipinski definition) is 0. The van der Waals surface area contributed by atoms with Crippen molar-refractivity contribution in [3.05, 3.63) is 11.5 Å². The summed E-state index contributed by atoms with van der Waals surface area (Å²) in [6.07, 6.45) is 5.01. The summed E-state index contributed by atoms with van der Waals surface area (Å²) in [5.74, 6) is 1.54. The zero-order valence-electron chi connectivity index (χ0n) is 6.91. The lowest BCUT2D eigenvalue weighted by molar-refractivity contribution is 0.596. The van der Waals surface area contributed by atoms with Crippen LogP contribution in [0.3, 0.4) is 0 Å². The molecule has 0 bridgehead atoms. The van der Waals surface area contributed by atoms with Gasteiger partial charge in [0.15, 0.2) is 0 Å². The third kappa shape index (κ3) is 8.66. The van der Waals surface area contributed by atoms with Gasteiger partial charge in [-0.2, -0.15) is 0 Å². The van der Waals surface area contributed by atoms with Crippen LogP contribution < -0.4 is 0 Å². The Balaban J connectivity index is 3.21. The van der Waals surface area contributed by atoms with Crippen molar-refractivity contribution in [3.8, 4) is 0 Å². The second kappa shape index (κ2) is 8.84. The fourth-order valence-corrected chi connectivity index (χ4v) is 2.46. The van der Waals surface area contributed by atoms with Crippen LogP contribution in [0.4, 0.5) is 0 Å². The summed E-state index contributed by atoms with van der Waals surface area (Å²) in [5, 5.41) is 2.00. The molecule has 0 aromatic rings. The highest BCUT2D eigenvalue weighted by molar-refractivity contribution is 8.77. The van der Waals surface area contributed by atoms with Crippen LogP contribution in [0.2, 0.25) is 0 Å². The van der Waals surface area contributed by atoms with Gasteiger partial charge in [-0.3, -0.25) is 0 Å². The van der Waals surface area contributed by atoms with E-state index in [2.05, 4.69) is 6.92 Å². The van der Waals surface area contributed by atoms with Gasteiger partial charge in [-0.1, -0.05) is 28.5 Å². The molecule has 1 unspecified atom stereocenters. The van der Waals surface area contributed by atoms with Gasteiger partial charge in [-0.15, -0.1) is 0 Å². The Morgan fingerprint density at radius 1 is 1.55 bits per heavy atom. The van der Waals surface area contributed by atoms with Crippen molar-refractivity contribution in [3.63, 3.8) is 0 Å². The van der Waals surface area contributed by atoms with Crippen molar-refractivity contribution >= 4 is 32.8 Å². The Morgan fingerprint density at radius 3 is 2.82 bits per heavy atom.